The maximum atomic E-state index is 14.6. The van der Waals surface area contributed by atoms with E-state index in [4.69, 9.17) is 5.10 Å². The van der Waals surface area contributed by atoms with Gasteiger partial charge in [-0.3, -0.25) is 19.4 Å². The number of halogens is 1. The Morgan fingerprint density at radius 3 is 2.05 bits per heavy atom. The van der Waals surface area contributed by atoms with E-state index in [1.807, 2.05) is 54.6 Å². The monoisotopic (exact) mass is 500 g/mol. The lowest BCUT2D eigenvalue weighted by molar-refractivity contribution is 0.0586. The average molecular weight is 501 g/mol. The maximum Gasteiger partial charge on any atom is 0.187 e. The number of ketones is 3. The molecule has 3 atom stereocenters. The summed E-state index contributed by atoms with van der Waals surface area (Å²) in [5.74, 6) is -2.22. The molecule has 38 heavy (non-hydrogen) atoms. The summed E-state index contributed by atoms with van der Waals surface area (Å²) >= 11 is 0. The lowest BCUT2D eigenvalue weighted by atomic mass is 9.63. The summed E-state index contributed by atoms with van der Waals surface area (Å²) in [5.41, 5.74) is 1.67. The Morgan fingerprint density at radius 2 is 1.37 bits per heavy atom. The van der Waals surface area contributed by atoms with Gasteiger partial charge >= 0.3 is 0 Å². The molecular formula is C32H21FN2O3. The molecule has 1 saturated heterocycles. The molecule has 1 aliphatic carbocycles. The van der Waals surface area contributed by atoms with Gasteiger partial charge in [0.1, 0.15) is 17.3 Å². The molecule has 2 heterocycles. The van der Waals surface area contributed by atoms with Gasteiger partial charge in [0.05, 0.1) is 12.3 Å². The van der Waals surface area contributed by atoms with E-state index in [-0.39, 0.29) is 22.9 Å². The zero-order valence-corrected chi connectivity index (χ0v) is 20.1. The van der Waals surface area contributed by atoms with Crippen LogP contribution in [0.25, 0.3) is 0 Å². The van der Waals surface area contributed by atoms with Crippen molar-refractivity contribution in [2.75, 3.05) is 0 Å². The summed E-state index contributed by atoms with van der Waals surface area (Å²) in [7, 11) is 0. The van der Waals surface area contributed by atoms with E-state index in [0.29, 0.717) is 16.7 Å². The molecule has 6 heteroatoms. The quantitative estimate of drug-likeness (QED) is 0.270. The first kappa shape index (κ1) is 22.5. The van der Waals surface area contributed by atoms with Gasteiger partial charge in [0, 0.05) is 22.6 Å². The summed E-state index contributed by atoms with van der Waals surface area (Å²) in [6.45, 7) is 0. The van der Waals surface area contributed by atoms with Gasteiger partial charge in [-0.1, -0.05) is 78.9 Å². The van der Waals surface area contributed by atoms with Crippen molar-refractivity contribution in [1.82, 2.24) is 5.01 Å². The fourth-order valence-electron chi connectivity index (χ4n) is 6.59. The molecule has 0 radical (unpaired) electrons. The second-order valence-corrected chi connectivity index (χ2v) is 9.93. The maximum absolute atomic E-state index is 14.6. The van der Waals surface area contributed by atoms with Crippen molar-refractivity contribution in [2.24, 2.45) is 10.5 Å². The number of rotatable bonds is 3. The normalized spacial score (nSPS) is 22.3. The van der Waals surface area contributed by atoms with Gasteiger partial charge in [-0.25, -0.2) is 4.39 Å². The fourth-order valence-corrected chi connectivity index (χ4v) is 6.59. The molecule has 4 aromatic rings. The van der Waals surface area contributed by atoms with E-state index in [1.54, 1.807) is 35.5 Å². The van der Waals surface area contributed by atoms with Gasteiger partial charge in [0.25, 0.3) is 0 Å². The molecule has 0 saturated carbocycles. The van der Waals surface area contributed by atoms with Crippen LogP contribution >= 0.6 is 0 Å². The zero-order chi connectivity index (χ0) is 26.0. The molecule has 184 valence electrons. The zero-order valence-electron chi connectivity index (χ0n) is 20.1. The van der Waals surface area contributed by atoms with Crippen molar-refractivity contribution in [3.05, 3.63) is 142 Å². The van der Waals surface area contributed by atoms with Crippen molar-refractivity contribution in [3.8, 4) is 0 Å². The lowest BCUT2D eigenvalue weighted by Crippen LogP contribution is -2.43. The van der Waals surface area contributed by atoms with Gasteiger partial charge < -0.3 is 0 Å². The Balaban J connectivity index is 1.55. The van der Waals surface area contributed by atoms with Crippen LogP contribution in [0.3, 0.4) is 0 Å². The van der Waals surface area contributed by atoms with Crippen LogP contribution in [0, 0.1) is 11.2 Å². The minimum absolute atomic E-state index is 0.289. The third kappa shape index (κ3) is 2.85. The van der Waals surface area contributed by atoms with Gasteiger partial charge in [0.2, 0.25) is 0 Å². The standard InChI is InChI=1S/C32H21FN2O3/c33-22-16-14-20(15-17-22)28(36)27-26(19-8-2-1-3-9-19)32(30(37)24-12-6-7-13-25(24)31(32)38)29-23-11-5-4-10-21(23)18-34-35(27)29/h1-18,26-27,29H/t26-,27+,29-/m1/s1. The Hall–Kier alpha value is -4.71. The minimum Gasteiger partial charge on any atom is -0.293 e. The van der Waals surface area contributed by atoms with Gasteiger partial charge in [-0.05, 0) is 41.0 Å². The Bertz CT molecular complexity index is 1630. The minimum atomic E-state index is -1.61. The Kier molecular flexibility index (Phi) is 4.82. The van der Waals surface area contributed by atoms with Crippen molar-refractivity contribution in [2.45, 2.75) is 18.0 Å². The fraction of sp³-hybridized carbons (Fsp3) is 0.125. The molecule has 0 aromatic heterocycles. The molecular weight excluding hydrogens is 479 g/mol. The third-order valence-electron chi connectivity index (χ3n) is 8.13. The highest BCUT2D eigenvalue weighted by Gasteiger charge is 2.72. The van der Waals surface area contributed by atoms with Gasteiger partial charge in [-0.2, -0.15) is 5.10 Å². The van der Waals surface area contributed by atoms with Gasteiger partial charge in [0.15, 0.2) is 17.3 Å². The highest BCUT2D eigenvalue weighted by atomic mass is 19.1. The molecule has 0 unspecified atom stereocenters. The number of nitrogens with zero attached hydrogens (tertiary/aromatic N) is 2. The number of hydrogen-bond acceptors (Lipinski definition) is 5. The van der Waals surface area contributed by atoms with Crippen LogP contribution in [-0.4, -0.2) is 34.6 Å². The average Bonchev–Trinajstić information content (AvgIpc) is 3.40. The predicted octanol–water partition coefficient (Wildman–Crippen LogP) is 5.63. The summed E-state index contributed by atoms with van der Waals surface area (Å²) in [6.07, 6.45) is 1.68. The summed E-state index contributed by atoms with van der Waals surface area (Å²) in [4.78, 5) is 43.4. The number of hydrogen-bond donors (Lipinski definition) is 0. The second-order valence-electron chi connectivity index (χ2n) is 9.93. The number of benzene rings is 4. The molecule has 1 spiro atoms. The summed E-state index contributed by atoms with van der Waals surface area (Å²) in [6, 6.07) is 27.3. The van der Waals surface area contributed by atoms with Crippen LogP contribution in [0.4, 0.5) is 4.39 Å². The number of carbonyl (C=O) groups excluding carboxylic acids is 3. The first-order chi connectivity index (χ1) is 18.5. The highest BCUT2D eigenvalue weighted by Crippen LogP contribution is 2.64. The van der Waals surface area contributed by atoms with E-state index in [1.165, 1.54) is 24.3 Å². The number of fused-ring (bicyclic) bond motifs is 5. The predicted molar refractivity (Wildman–Crippen MR) is 140 cm³/mol. The third-order valence-corrected chi connectivity index (χ3v) is 8.13. The molecule has 1 fully saturated rings. The molecule has 2 aliphatic heterocycles. The van der Waals surface area contributed by atoms with Crippen LogP contribution in [0.15, 0.2) is 108 Å². The molecule has 5 nitrogen and oxygen atoms in total. The summed E-state index contributed by atoms with van der Waals surface area (Å²) in [5, 5.41) is 6.36. The van der Waals surface area contributed by atoms with E-state index < -0.39 is 29.2 Å². The van der Waals surface area contributed by atoms with E-state index >= 15 is 0 Å². The lowest BCUT2D eigenvalue weighted by Gasteiger charge is -2.36. The Morgan fingerprint density at radius 1 is 0.763 bits per heavy atom. The van der Waals surface area contributed by atoms with E-state index in [0.717, 1.165) is 11.1 Å². The first-order valence-electron chi connectivity index (χ1n) is 12.5. The van der Waals surface area contributed by atoms with Crippen LogP contribution in [0.5, 0.6) is 0 Å². The molecule has 0 bridgehead atoms. The molecule has 3 aliphatic rings. The van der Waals surface area contributed by atoms with Crippen molar-refractivity contribution < 1.29 is 18.8 Å². The molecule has 7 rings (SSSR count). The first-order valence-corrected chi connectivity index (χ1v) is 12.5. The number of hydrazone groups is 1. The van der Waals surface area contributed by atoms with Crippen molar-refractivity contribution in [1.29, 1.82) is 0 Å². The van der Waals surface area contributed by atoms with Crippen LogP contribution in [0.2, 0.25) is 0 Å². The molecule has 0 amide bonds. The van der Waals surface area contributed by atoms with E-state index in [9.17, 15) is 18.8 Å². The van der Waals surface area contributed by atoms with E-state index in [2.05, 4.69) is 0 Å². The number of carbonyl (C=O) groups is 3. The van der Waals surface area contributed by atoms with Gasteiger partial charge in [-0.15, -0.1) is 0 Å². The summed E-state index contributed by atoms with van der Waals surface area (Å²) < 4.78 is 13.8. The van der Waals surface area contributed by atoms with Crippen LogP contribution in [0.1, 0.15) is 59.7 Å². The highest BCUT2D eigenvalue weighted by molar-refractivity contribution is 6.31. The van der Waals surface area contributed by atoms with Crippen LogP contribution in [-0.2, 0) is 0 Å². The largest absolute Gasteiger partial charge is 0.293 e. The Labute approximate surface area is 218 Å². The molecule has 0 N–H and O–H groups in total. The molecule has 4 aromatic carbocycles. The topological polar surface area (TPSA) is 66.8 Å². The van der Waals surface area contributed by atoms with Crippen molar-refractivity contribution >= 4 is 23.6 Å². The SMILES string of the molecule is O=C(c1ccc(F)cc1)[C@@H]1[C@@H](c2ccccc2)C2(C(=O)c3ccccc3C2=O)[C@H]2c3ccccc3C=NN12. The second kappa shape index (κ2) is 8.15. The number of Topliss-reactive ketones (excluding diaryl/α,β-unsaturated/α-hetero) is 3. The van der Waals surface area contributed by atoms with Crippen LogP contribution < -0.4 is 0 Å². The smallest absolute Gasteiger partial charge is 0.187 e. The van der Waals surface area contributed by atoms with Crippen molar-refractivity contribution in [3.63, 3.8) is 0 Å².